The Hall–Kier alpha value is -6.10. The van der Waals surface area contributed by atoms with E-state index in [1.54, 1.807) is 0 Å². The summed E-state index contributed by atoms with van der Waals surface area (Å²) in [7, 11) is -2.36. The van der Waals surface area contributed by atoms with Crippen molar-refractivity contribution >= 4 is 56.3 Å². The highest BCUT2D eigenvalue weighted by atomic mass is 28.3. The smallest absolute Gasteiger partial charge is 0.235 e. The minimum absolute atomic E-state index is 0.673. The minimum atomic E-state index is -2.36. The van der Waals surface area contributed by atoms with Gasteiger partial charge in [-0.2, -0.15) is 0 Å². The molecule has 0 spiro atoms. The van der Waals surface area contributed by atoms with E-state index in [-0.39, 0.29) is 0 Å². The topological polar surface area (TPSA) is 30.7 Å². The van der Waals surface area contributed by atoms with Crippen LogP contribution in [0.5, 0.6) is 0 Å². The van der Waals surface area contributed by atoms with Crippen molar-refractivity contribution in [2.45, 2.75) is 6.55 Å². The number of aromatic nitrogens is 3. The van der Waals surface area contributed by atoms with E-state index in [2.05, 4.69) is 193 Å². The van der Waals surface area contributed by atoms with Gasteiger partial charge in [0.1, 0.15) is 8.07 Å². The summed E-state index contributed by atoms with van der Waals surface area (Å²) >= 11 is 0. The van der Waals surface area contributed by atoms with Crippen molar-refractivity contribution in [1.29, 1.82) is 0 Å². The van der Waals surface area contributed by atoms with Gasteiger partial charge in [-0.15, -0.1) is 0 Å². The summed E-state index contributed by atoms with van der Waals surface area (Å²) in [5, 5.41) is 7.53. The van der Waals surface area contributed by atoms with Crippen molar-refractivity contribution in [3.05, 3.63) is 182 Å². The van der Waals surface area contributed by atoms with E-state index < -0.39 is 8.07 Å². The van der Waals surface area contributed by atoms with Crippen LogP contribution in [0.1, 0.15) is 0 Å². The zero-order chi connectivity index (χ0) is 32.8. The second-order valence-corrected chi connectivity index (χ2v) is 16.8. The van der Waals surface area contributed by atoms with Gasteiger partial charge >= 0.3 is 0 Å². The molecule has 0 radical (unpaired) electrons. The number of para-hydroxylation sites is 2. The summed E-state index contributed by atoms with van der Waals surface area (Å²) in [6, 6.07) is 65.3. The zero-order valence-corrected chi connectivity index (χ0v) is 28.2. The van der Waals surface area contributed by atoms with Gasteiger partial charge < -0.3 is 0 Å². The van der Waals surface area contributed by atoms with Crippen LogP contribution in [0.4, 0.5) is 0 Å². The first-order valence-corrected chi connectivity index (χ1v) is 19.3. The van der Waals surface area contributed by atoms with Crippen LogP contribution in [0, 0.1) is 0 Å². The summed E-state index contributed by atoms with van der Waals surface area (Å²) in [5.41, 5.74) is 7.50. The molecule has 0 saturated carbocycles. The van der Waals surface area contributed by atoms with Crippen LogP contribution in [0.15, 0.2) is 182 Å². The number of hydrogen-bond acceptors (Lipinski definition) is 2. The van der Waals surface area contributed by atoms with Crippen molar-refractivity contribution < 1.29 is 0 Å². The molecule has 0 aliphatic heterocycles. The lowest BCUT2D eigenvalue weighted by atomic mass is 10.0. The number of nitrogens with zero attached hydrogens (tertiary/aromatic N) is 3. The van der Waals surface area contributed by atoms with Gasteiger partial charge in [0.2, 0.25) is 5.95 Å². The van der Waals surface area contributed by atoms with Crippen LogP contribution >= 0.6 is 0 Å². The molecule has 4 heteroatoms. The van der Waals surface area contributed by atoms with Crippen LogP contribution < -0.4 is 15.6 Å². The first kappa shape index (κ1) is 29.1. The fraction of sp³-hybridized carbons (Fsp3) is 0.0222. The molecule has 0 saturated heterocycles. The Kier molecular flexibility index (Phi) is 7.03. The molecule has 0 N–H and O–H groups in total. The maximum Gasteiger partial charge on any atom is 0.235 e. The third kappa shape index (κ3) is 4.88. The summed E-state index contributed by atoms with van der Waals surface area (Å²) in [6.45, 7) is 2.47. The Labute approximate surface area is 286 Å². The molecule has 0 fully saturated rings. The van der Waals surface area contributed by atoms with Gasteiger partial charge in [-0.05, 0) is 44.9 Å². The first-order chi connectivity index (χ1) is 24.2. The molecule has 0 atom stereocenters. The zero-order valence-electron chi connectivity index (χ0n) is 27.2. The lowest BCUT2D eigenvalue weighted by molar-refractivity contribution is 1.01. The van der Waals surface area contributed by atoms with E-state index in [1.807, 2.05) is 0 Å². The molecule has 0 aliphatic carbocycles. The lowest BCUT2D eigenvalue weighted by Gasteiger charge is -2.29. The molecule has 0 amide bonds. The van der Waals surface area contributed by atoms with Gasteiger partial charge in [0.15, 0.2) is 0 Å². The van der Waals surface area contributed by atoms with E-state index in [0.717, 1.165) is 33.2 Å². The molecule has 0 aliphatic rings. The fourth-order valence-electron chi connectivity index (χ4n) is 7.38. The highest BCUT2D eigenvalue weighted by molar-refractivity contribution is 7.10. The van der Waals surface area contributed by atoms with Gasteiger partial charge in [0.05, 0.1) is 22.2 Å². The normalized spacial score (nSPS) is 11.8. The third-order valence-electron chi connectivity index (χ3n) is 10.0. The quantitative estimate of drug-likeness (QED) is 0.134. The fourth-order valence-corrected chi connectivity index (χ4v) is 10.9. The molecule has 49 heavy (non-hydrogen) atoms. The Bertz CT molecular complexity index is 2550. The Morgan fingerprint density at radius 3 is 1.63 bits per heavy atom. The summed E-state index contributed by atoms with van der Waals surface area (Å²) < 4.78 is 2.27. The van der Waals surface area contributed by atoms with E-state index in [1.165, 1.54) is 37.5 Å². The number of hydrogen-bond donors (Lipinski definition) is 0. The van der Waals surface area contributed by atoms with E-state index in [0.29, 0.717) is 5.95 Å². The van der Waals surface area contributed by atoms with Crippen molar-refractivity contribution in [2.24, 2.45) is 0 Å². The van der Waals surface area contributed by atoms with Crippen molar-refractivity contribution in [2.75, 3.05) is 0 Å². The molecule has 2 aromatic heterocycles. The molecule has 7 aromatic carbocycles. The minimum Gasteiger partial charge on any atom is -0.278 e. The van der Waals surface area contributed by atoms with Gasteiger partial charge in [-0.3, -0.25) is 4.57 Å². The molecule has 0 bridgehead atoms. The SMILES string of the molecule is C[Si](c1ccccc1)(c1ccccc1)c1ccc2c3ccccc3n(-c3nc(-c4ccc(-c5ccccc5)cc4)c4ccccc4n3)c2c1. The van der Waals surface area contributed by atoms with Crippen molar-refractivity contribution in [1.82, 2.24) is 14.5 Å². The average molecular weight is 644 g/mol. The first-order valence-electron chi connectivity index (χ1n) is 16.8. The largest absolute Gasteiger partial charge is 0.278 e. The van der Waals surface area contributed by atoms with Crippen LogP contribution in [0.25, 0.3) is 61.0 Å². The maximum atomic E-state index is 5.39. The molecule has 2 heterocycles. The maximum absolute atomic E-state index is 5.39. The summed E-state index contributed by atoms with van der Waals surface area (Å²) in [5.74, 6) is 0.673. The summed E-state index contributed by atoms with van der Waals surface area (Å²) in [6.07, 6.45) is 0. The second-order valence-electron chi connectivity index (χ2n) is 12.8. The van der Waals surface area contributed by atoms with E-state index >= 15 is 0 Å². The van der Waals surface area contributed by atoms with Crippen LogP contribution in [-0.2, 0) is 0 Å². The van der Waals surface area contributed by atoms with Gasteiger partial charge in [0.25, 0.3) is 0 Å². The lowest BCUT2D eigenvalue weighted by Crippen LogP contribution is -2.64. The molecule has 9 aromatic rings. The monoisotopic (exact) mass is 643 g/mol. The predicted molar refractivity (Wildman–Crippen MR) is 208 cm³/mol. The summed E-state index contributed by atoms with van der Waals surface area (Å²) in [4.78, 5) is 10.6. The third-order valence-corrected chi connectivity index (χ3v) is 14.5. The average Bonchev–Trinajstić information content (AvgIpc) is 3.52. The van der Waals surface area contributed by atoms with Crippen LogP contribution in [0.2, 0.25) is 6.55 Å². The predicted octanol–water partition coefficient (Wildman–Crippen LogP) is 9.16. The molecular weight excluding hydrogens is 611 g/mol. The molecule has 3 nitrogen and oxygen atoms in total. The Morgan fingerprint density at radius 2 is 0.939 bits per heavy atom. The van der Waals surface area contributed by atoms with Gasteiger partial charge in [-0.1, -0.05) is 170 Å². The number of benzene rings is 7. The van der Waals surface area contributed by atoms with Gasteiger partial charge in [0, 0.05) is 21.7 Å². The number of rotatable bonds is 6. The molecule has 232 valence electrons. The molecular formula is C45H33N3Si. The molecule has 9 rings (SSSR count). The Morgan fingerprint density at radius 1 is 0.408 bits per heavy atom. The standard InChI is InChI=1S/C45H33N3Si/c1-49(35-17-7-3-8-18-35,36-19-9-4-10-20-36)37-29-30-39-38-21-12-14-24-42(38)48(43(39)31-37)45-46-41-23-13-11-22-40(41)44(47-45)34-27-25-33(26-28-34)32-15-5-2-6-16-32/h2-31H,1H3. The van der Waals surface area contributed by atoms with Crippen LogP contribution in [0.3, 0.4) is 0 Å². The Balaban J connectivity index is 1.29. The highest BCUT2D eigenvalue weighted by Gasteiger charge is 2.34. The van der Waals surface area contributed by atoms with Gasteiger partial charge in [-0.25, -0.2) is 9.97 Å². The number of fused-ring (bicyclic) bond motifs is 4. The molecule has 0 unspecified atom stereocenters. The van der Waals surface area contributed by atoms with E-state index in [9.17, 15) is 0 Å². The van der Waals surface area contributed by atoms with Crippen molar-refractivity contribution in [3.8, 4) is 28.3 Å². The van der Waals surface area contributed by atoms with Crippen molar-refractivity contribution in [3.63, 3.8) is 0 Å². The van der Waals surface area contributed by atoms with E-state index in [4.69, 9.17) is 9.97 Å². The highest BCUT2D eigenvalue weighted by Crippen LogP contribution is 2.34. The van der Waals surface area contributed by atoms with Crippen LogP contribution in [-0.4, -0.2) is 22.6 Å². The second kappa shape index (κ2) is 11.9.